The highest BCUT2D eigenvalue weighted by Gasteiger charge is 2.41. The van der Waals surface area contributed by atoms with Crippen LogP contribution in [0.1, 0.15) is 28.3 Å². The van der Waals surface area contributed by atoms with Gasteiger partial charge in [-0.15, -0.1) is 21.5 Å². The summed E-state index contributed by atoms with van der Waals surface area (Å²) in [7, 11) is 0. The van der Waals surface area contributed by atoms with E-state index in [0.29, 0.717) is 72.4 Å². The first-order valence-corrected chi connectivity index (χ1v) is 13.7. The summed E-state index contributed by atoms with van der Waals surface area (Å²) in [6, 6.07) is 11.2. The summed E-state index contributed by atoms with van der Waals surface area (Å²) >= 11 is 9.44. The van der Waals surface area contributed by atoms with Gasteiger partial charge >= 0.3 is 0 Å². The quantitative estimate of drug-likeness (QED) is 0.317. The minimum atomic E-state index is -0.507. The number of carbonyl (C=O) groups excluding carboxylic acids is 1. The zero-order chi connectivity index (χ0) is 24.5. The number of amides is 1. The van der Waals surface area contributed by atoms with E-state index < -0.39 is 5.79 Å². The molecule has 6 rings (SSSR count). The Morgan fingerprint density at radius 3 is 2.67 bits per heavy atom. The Bertz CT molecular complexity index is 1360. The van der Waals surface area contributed by atoms with E-state index in [0.717, 1.165) is 10.7 Å². The van der Waals surface area contributed by atoms with Crippen LogP contribution in [0, 0.1) is 0 Å². The van der Waals surface area contributed by atoms with Gasteiger partial charge in [0, 0.05) is 31.3 Å². The fourth-order valence-corrected chi connectivity index (χ4v) is 6.33. The second-order valence-corrected chi connectivity index (χ2v) is 10.7. The number of hydrogen-bond acceptors (Lipinski definition) is 9. The number of ether oxygens (including phenoxy) is 2. The molecule has 2 aliphatic heterocycles. The van der Waals surface area contributed by atoms with Crippen LogP contribution >= 0.6 is 34.7 Å². The molecule has 0 N–H and O–H groups in total. The van der Waals surface area contributed by atoms with Crippen LogP contribution < -0.4 is 0 Å². The highest BCUT2D eigenvalue weighted by molar-refractivity contribution is 7.98. The number of furan rings is 1. The summed E-state index contributed by atoms with van der Waals surface area (Å²) in [6.07, 6.45) is 2.96. The predicted molar refractivity (Wildman–Crippen MR) is 136 cm³/mol. The SMILES string of the molecule is O=C(c1csc(CSc2nnc(-c3ccco3)n2-c2ccccc2Cl)n1)N1CCC2(CC1)OCCO2. The number of aromatic nitrogens is 4. The molecule has 1 spiro atoms. The van der Waals surface area contributed by atoms with Gasteiger partial charge in [0.2, 0.25) is 5.82 Å². The zero-order valence-corrected chi connectivity index (χ0v) is 21.5. The Labute approximate surface area is 220 Å². The van der Waals surface area contributed by atoms with Gasteiger partial charge in [0.15, 0.2) is 16.7 Å². The van der Waals surface area contributed by atoms with E-state index in [4.69, 9.17) is 25.5 Å². The average Bonchev–Trinajstić information content (AvgIpc) is 3.71. The van der Waals surface area contributed by atoms with Crippen molar-refractivity contribution in [2.45, 2.75) is 29.5 Å². The van der Waals surface area contributed by atoms with Crippen LogP contribution in [0.3, 0.4) is 0 Å². The maximum Gasteiger partial charge on any atom is 0.273 e. The lowest BCUT2D eigenvalue weighted by molar-refractivity contribution is -0.181. The number of benzene rings is 1. The van der Waals surface area contributed by atoms with Gasteiger partial charge in [0.05, 0.1) is 35.9 Å². The second-order valence-electron chi connectivity index (χ2n) is 8.39. The van der Waals surface area contributed by atoms with Crippen molar-refractivity contribution in [2.75, 3.05) is 26.3 Å². The van der Waals surface area contributed by atoms with Gasteiger partial charge in [-0.2, -0.15) is 0 Å². The van der Waals surface area contributed by atoms with E-state index in [1.165, 1.54) is 23.1 Å². The van der Waals surface area contributed by atoms with Gasteiger partial charge in [-0.1, -0.05) is 35.5 Å². The number of thiazole rings is 1. The third-order valence-electron chi connectivity index (χ3n) is 6.19. The summed E-state index contributed by atoms with van der Waals surface area (Å²) < 4.78 is 19.0. The number of piperidine rings is 1. The molecule has 0 unspecified atom stereocenters. The first-order chi connectivity index (χ1) is 17.6. The Balaban J connectivity index is 1.17. The lowest BCUT2D eigenvalue weighted by Crippen LogP contribution is -2.47. The fraction of sp³-hybridized carbons (Fsp3) is 0.333. The standard InChI is InChI=1S/C24H22ClN5O4S2/c25-16-4-1-2-5-18(16)30-21(19-6-3-11-32-19)27-28-23(30)36-15-20-26-17(14-35-20)22(31)29-9-7-24(8-10-29)33-12-13-34-24/h1-6,11,14H,7-10,12-13,15H2. The molecule has 5 heterocycles. The first kappa shape index (κ1) is 23.7. The molecule has 2 aliphatic rings. The summed E-state index contributed by atoms with van der Waals surface area (Å²) in [5, 5.41) is 12.6. The topological polar surface area (TPSA) is 95.5 Å². The number of hydrogen-bond donors (Lipinski definition) is 0. The van der Waals surface area contributed by atoms with Gasteiger partial charge in [-0.05, 0) is 24.3 Å². The molecular formula is C24H22ClN5O4S2. The third-order valence-corrected chi connectivity index (χ3v) is 8.48. The van der Waals surface area contributed by atoms with Gasteiger partial charge < -0.3 is 18.8 Å². The summed E-state index contributed by atoms with van der Waals surface area (Å²) in [6.45, 7) is 2.43. The number of rotatable bonds is 6. The van der Waals surface area contributed by atoms with Crippen molar-refractivity contribution in [1.82, 2.24) is 24.6 Å². The van der Waals surface area contributed by atoms with Crippen molar-refractivity contribution in [3.63, 3.8) is 0 Å². The molecule has 2 saturated heterocycles. The lowest BCUT2D eigenvalue weighted by atomic mass is 10.0. The van der Waals surface area contributed by atoms with Crippen molar-refractivity contribution in [3.05, 3.63) is 63.8 Å². The lowest BCUT2D eigenvalue weighted by Gasteiger charge is -2.37. The maximum atomic E-state index is 13.0. The van der Waals surface area contributed by atoms with E-state index in [9.17, 15) is 4.79 Å². The number of thioether (sulfide) groups is 1. The minimum absolute atomic E-state index is 0.0605. The summed E-state index contributed by atoms with van der Waals surface area (Å²) in [5.74, 6) is 1.11. The van der Waals surface area contributed by atoms with E-state index in [1.807, 2.05) is 45.2 Å². The predicted octanol–water partition coefficient (Wildman–Crippen LogP) is 4.91. The molecule has 3 aromatic heterocycles. The molecule has 2 fully saturated rings. The van der Waals surface area contributed by atoms with Crippen LogP contribution in [0.4, 0.5) is 0 Å². The number of likely N-dealkylation sites (tertiary alicyclic amines) is 1. The number of nitrogens with zero attached hydrogens (tertiary/aromatic N) is 5. The molecule has 1 amide bonds. The molecular weight excluding hydrogens is 522 g/mol. The van der Waals surface area contributed by atoms with Gasteiger partial charge in [0.1, 0.15) is 10.7 Å². The highest BCUT2D eigenvalue weighted by atomic mass is 35.5. The van der Waals surface area contributed by atoms with Crippen LogP contribution in [-0.2, 0) is 15.2 Å². The molecule has 1 aromatic carbocycles. The van der Waals surface area contributed by atoms with Crippen molar-refractivity contribution < 1.29 is 18.7 Å². The van der Waals surface area contributed by atoms with Crippen LogP contribution in [0.5, 0.6) is 0 Å². The molecule has 0 aliphatic carbocycles. The molecule has 9 nitrogen and oxygen atoms in total. The largest absolute Gasteiger partial charge is 0.461 e. The van der Waals surface area contributed by atoms with E-state index in [2.05, 4.69) is 15.2 Å². The fourth-order valence-electron chi connectivity index (χ4n) is 4.38. The van der Waals surface area contributed by atoms with Gasteiger partial charge in [-0.3, -0.25) is 9.36 Å². The average molecular weight is 544 g/mol. The highest BCUT2D eigenvalue weighted by Crippen LogP contribution is 2.34. The molecule has 4 aromatic rings. The van der Waals surface area contributed by atoms with Crippen molar-refractivity contribution >= 4 is 40.6 Å². The minimum Gasteiger partial charge on any atom is -0.461 e. The Hall–Kier alpha value is -2.70. The van der Waals surface area contributed by atoms with E-state index in [1.54, 1.807) is 12.3 Å². The Morgan fingerprint density at radius 1 is 1.11 bits per heavy atom. The van der Waals surface area contributed by atoms with Crippen LogP contribution in [-0.4, -0.2) is 62.6 Å². The van der Waals surface area contributed by atoms with Crippen molar-refractivity contribution in [2.24, 2.45) is 0 Å². The van der Waals surface area contributed by atoms with Crippen molar-refractivity contribution in [3.8, 4) is 17.3 Å². The normalized spacial score (nSPS) is 17.2. The van der Waals surface area contributed by atoms with Crippen LogP contribution in [0.2, 0.25) is 5.02 Å². The van der Waals surface area contributed by atoms with Gasteiger partial charge in [0.25, 0.3) is 5.91 Å². The molecule has 36 heavy (non-hydrogen) atoms. The molecule has 0 radical (unpaired) electrons. The van der Waals surface area contributed by atoms with Crippen molar-refractivity contribution in [1.29, 1.82) is 0 Å². The van der Waals surface area contributed by atoms with Crippen LogP contribution in [0.25, 0.3) is 17.3 Å². The number of halogens is 1. The molecule has 12 heteroatoms. The Morgan fingerprint density at radius 2 is 1.92 bits per heavy atom. The Kier molecular flexibility index (Phi) is 6.57. The van der Waals surface area contributed by atoms with Crippen LogP contribution in [0.15, 0.2) is 57.6 Å². The van der Waals surface area contributed by atoms with E-state index in [-0.39, 0.29) is 5.91 Å². The summed E-state index contributed by atoms with van der Waals surface area (Å²) in [5.41, 5.74) is 1.22. The van der Waals surface area contributed by atoms with Gasteiger partial charge in [-0.25, -0.2) is 4.98 Å². The zero-order valence-electron chi connectivity index (χ0n) is 19.1. The third kappa shape index (κ3) is 4.57. The molecule has 0 saturated carbocycles. The number of para-hydroxylation sites is 1. The smallest absolute Gasteiger partial charge is 0.273 e. The number of carbonyl (C=O) groups is 1. The first-order valence-electron chi connectivity index (χ1n) is 11.5. The maximum absolute atomic E-state index is 13.0. The molecule has 0 atom stereocenters. The summed E-state index contributed by atoms with van der Waals surface area (Å²) in [4.78, 5) is 19.5. The second kappa shape index (κ2) is 9.98. The van der Waals surface area contributed by atoms with E-state index >= 15 is 0 Å². The molecule has 186 valence electrons. The molecule has 0 bridgehead atoms. The monoisotopic (exact) mass is 543 g/mol.